The summed E-state index contributed by atoms with van der Waals surface area (Å²) in [6.07, 6.45) is 3.39. The van der Waals surface area contributed by atoms with Crippen LogP contribution in [0.1, 0.15) is 25.7 Å². The lowest BCUT2D eigenvalue weighted by Crippen LogP contribution is -2.54. The smallest absolute Gasteiger partial charge is 0.0833 e. The van der Waals surface area contributed by atoms with E-state index in [0.717, 1.165) is 45.3 Å². The number of aliphatic hydroxyl groups is 1. The van der Waals surface area contributed by atoms with Crippen LogP contribution in [0.25, 0.3) is 10.4 Å². The Labute approximate surface area is 101 Å². The second-order valence-electron chi connectivity index (χ2n) is 5.01. The van der Waals surface area contributed by atoms with E-state index in [1.165, 1.54) is 0 Å². The van der Waals surface area contributed by atoms with Crippen molar-refractivity contribution < 1.29 is 9.84 Å². The zero-order valence-electron chi connectivity index (χ0n) is 10.1. The second kappa shape index (κ2) is 5.69. The lowest BCUT2D eigenvalue weighted by Gasteiger charge is -2.46. The number of nitrogens with zero attached hydrogens (tertiary/aromatic N) is 4. The van der Waals surface area contributed by atoms with Gasteiger partial charge < -0.3 is 14.7 Å². The average molecular weight is 240 g/mol. The first-order valence-corrected chi connectivity index (χ1v) is 6.29. The van der Waals surface area contributed by atoms with Gasteiger partial charge in [-0.05, 0) is 31.3 Å². The van der Waals surface area contributed by atoms with Crippen LogP contribution in [0.3, 0.4) is 0 Å². The fourth-order valence-electron chi connectivity index (χ4n) is 2.90. The number of azide groups is 1. The zero-order valence-corrected chi connectivity index (χ0v) is 10.1. The van der Waals surface area contributed by atoms with E-state index in [4.69, 9.17) is 10.3 Å². The lowest BCUT2D eigenvalue weighted by atomic mass is 9.84. The van der Waals surface area contributed by atoms with Crippen molar-refractivity contribution in [2.24, 2.45) is 5.11 Å². The summed E-state index contributed by atoms with van der Waals surface area (Å²) in [6, 6.07) is 0. The van der Waals surface area contributed by atoms with Crippen molar-refractivity contribution in [3.05, 3.63) is 10.4 Å². The molecule has 6 nitrogen and oxygen atoms in total. The topological polar surface area (TPSA) is 81.5 Å². The number of hydrogen-bond donors (Lipinski definition) is 1. The van der Waals surface area contributed by atoms with Crippen molar-refractivity contribution in [2.75, 3.05) is 32.8 Å². The molecule has 0 aromatic carbocycles. The van der Waals surface area contributed by atoms with Gasteiger partial charge in [0.05, 0.1) is 11.7 Å². The van der Waals surface area contributed by atoms with Gasteiger partial charge >= 0.3 is 0 Å². The quantitative estimate of drug-likeness (QED) is 0.458. The van der Waals surface area contributed by atoms with E-state index in [1.807, 2.05) is 0 Å². The Bertz CT molecular complexity index is 302. The summed E-state index contributed by atoms with van der Waals surface area (Å²) in [5.74, 6) is 0. The summed E-state index contributed by atoms with van der Waals surface area (Å²) in [7, 11) is 0. The van der Waals surface area contributed by atoms with Gasteiger partial charge in [0.1, 0.15) is 0 Å². The molecule has 2 atom stereocenters. The highest BCUT2D eigenvalue weighted by Gasteiger charge is 2.40. The van der Waals surface area contributed by atoms with Crippen LogP contribution in [0, 0.1) is 0 Å². The molecule has 6 heteroatoms. The standard InChI is InChI=1S/C11H20N4O2/c12-14-13-4-6-15-5-1-3-11(9-15)8-10(16)2-7-17-11/h10,16H,1-9H2. The summed E-state index contributed by atoms with van der Waals surface area (Å²) >= 11 is 0. The van der Waals surface area contributed by atoms with Crippen LogP contribution in [0.2, 0.25) is 0 Å². The van der Waals surface area contributed by atoms with Crippen LogP contribution >= 0.6 is 0 Å². The molecule has 2 unspecified atom stereocenters. The van der Waals surface area contributed by atoms with Crippen LogP contribution in [0.4, 0.5) is 0 Å². The van der Waals surface area contributed by atoms with Crippen molar-refractivity contribution in [3.63, 3.8) is 0 Å². The van der Waals surface area contributed by atoms with Gasteiger partial charge in [-0.3, -0.25) is 0 Å². The number of hydrogen-bond acceptors (Lipinski definition) is 4. The molecule has 0 aliphatic carbocycles. The van der Waals surface area contributed by atoms with Crippen molar-refractivity contribution in [3.8, 4) is 0 Å². The van der Waals surface area contributed by atoms with E-state index < -0.39 is 0 Å². The molecule has 2 aliphatic rings. The molecule has 2 aliphatic heterocycles. The molecule has 96 valence electrons. The van der Waals surface area contributed by atoms with E-state index in [-0.39, 0.29) is 11.7 Å². The maximum absolute atomic E-state index is 9.76. The third kappa shape index (κ3) is 3.33. The predicted octanol–water partition coefficient (Wildman–Crippen LogP) is 1.30. The Balaban J connectivity index is 1.89. The van der Waals surface area contributed by atoms with Gasteiger partial charge in [-0.15, -0.1) is 0 Å². The van der Waals surface area contributed by atoms with Gasteiger partial charge in [-0.2, -0.15) is 0 Å². The van der Waals surface area contributed by atoms with Crippen molar-refractivity contribution in [2.45, 2.75) is 37.4 Å². The number of ether oxygens (including phenoxy) is 1. The minimum atomic E-state index is -0.221. The highest BCUT2D eigenvalue weighted by molar-refractivity contribution is 4.93. The molecule has 1 spiro atoms. The molecule has 0 saturated carbocycles. The molecule has 0 aromatic heterocycles. The van der Waals surface area contributed by atoms with Gasteiger partial charge in [0.2, 0.25) is 0 Å². The summed E-state index contributed by atoms with van der Waals surface area (Å²) in [5, 5.41) is 13.3. The first kappa shape index (κ1) is 12.6. The van der Waals surface area contributed by atoms with Crippen molar-refractivity contribution in [1.82, 2.24) is 4.90 Å². The summed E-state index contributed by atoms with van der Waals surface area (Å²) in [6.45, 7) is 3.83. The van der Waals surface area contributed by atoms with Crippen molar-refractivity contribution in [1.29, 1.82) is 0 Å². The molecule has 2 rings (SSSR count). The van der Waals surface area contributed by atoms with Crippen LogP contribution in [0.15, 0.2) is 5.11 Å². The van der Waals surface area contributed by atoms with Crippen LogP contribution in [-0.2, 0) is 4.74 Å². The molecule has 0 radical (unpaired) electrons. The maximum atomic E-state index is 9.76. The Morgan fingerprint density at radius 1 is 1.59 bits per heavy atom. The number of rotatable bonds is 3. The minimum absolute atomic E-state index is 0.160. The Kier molecular flexibility index (Phi) is 4.23. The second-order valence-corrected chi connectivity index (χ2v) is 5.01. The third-order valence-corrected chi connectivity index (χ3v) is 3.66. The molecule has 2 heterocycles. The Hall–Kier alpha value is -0.810. The highest BCUT2D eigenvalue weighted by atomic mass is 16.5. The monoisotopic (exact) mass is 240 g/mol. The number of aliphatic hydroxyl groups excluding tert-OH is 1. The normalized spacial score (nSPS) is 34.5. The average Bonchev–Trinajstić information content (AvgIpc) is 2.29. The van der Waals surface area contributed by atoms with E-state index >= 15 is 0 Å². The minimum Gasteiger partial charge on any atom is -0.393 e. The van der Waals surface area contributed by atoms with E-state index in [2.05, 4.69) is 14.9 Å². The SMILES string of the molecule is [N-]=[N+]=NCCN1CCCC2(CC(O)CCO2)C1. The molecular formula is C11H20N4O2. The highest BCUT2D eigenvalue weighted by Crippen LogP contribution is 2.33. The molecule has 2 saturated heterocycles. The van der Waals surface area contributed by atoms with Crippen LogP contribution in [0.5, 0.6) is 0 Å². The summed E-state index contributed by atoms with van der Waals surface area (Å²) in [5.41, 5.74) is 8.09. The van der Waals surface area contributed by atoms with E-state index in [1.54, 1.807) is 0 Å². The van der Waals surface area contributed by atoms with Crippen molar-refractivity contribution >= 4 is 0 Å². The molecule has 0 amide bonds. The molecule has 0 aromatic rings. The molecule has 2 fully saturated rings. The number of piperidine rings is 1. The summed E-state index contributed by atoms with van der Waals surface area (Å²) < 4.78 is 5.91. The first-order chi connectivity index (χ1) is 8.24. The van der Waals surface area contributed by atoms with Gasteiger partial charge in [-0.1, -0.05) is 5.11 Å². The number of likely N-dealkylation sites (tertiary alicyclic amines) is 1. The molecule has 0 bridgehead atoms. The molecule has 1 N–H and O–H groups in total. The van der Waals surface area contributed by atoms with Gasteiger partial charge in [0, 0.05) is 37.6 Å². The van der Waals surface area contributed by atoms with E-state index in [9.17, 15) is 5.11 Å². The lowest BCUT2D eigenvalue weighted by molar-refractivity contribution is -0.146. The van der Waals surface area contributed by atoms with Crippen LogP contribution in [-0.4, -0.2) is 54.5 Å². The van der Waals surface area contributed by atoms with E-state index in [0.29, 0.717) is 13.2 Å². The zero-order chi connectivity index (χ0) is 12.1. The Morgan fingerprint density at radius 3 is 3.24 bits per heavy atom. The van der Waals surface area contributed by atoms with Gasteiger partial charge in [0.15, 0.2) is 0 Å². The maximum Gasteiger partial charge on any atom is 0.0833 e. The van der Waals surface area contributed by atoms with Gasteiger partial charge in [-0.25, -0.2) is 0 Å². The fourth-order valence-corrected chi connectivity index (χ4v) is 2.90. The largest absolute Gasteiger partial charge is 0.393 e. The molecule has 17 heavy (non-hydrogen) atoms. The first-order valence-electron chi connectivity index (χ1n) is 6.29. The fraction of sp³-hybridized carbons (Fsp3) is 1.00. The van der Waals surface area contributed by atoms with Crippen LogP contribution < -0.4 is 0 Å². The van der Waals surface area contributed by atoms with Gasteiger partial charge in [0.25, 0.3) is 0 Å². The molecular weight excluding hydrogens is 220 g/mol. The summed E-state index contributed by atoms with van der Waals surface area (Å²) in [4.78, 5) is 5.04. The third-order valence-electron chi connectivity index (χ3n) is 3.66. The predicted molar refractivity (Wildman–Crippen MR) is 63.6 cm³/mol. The Morgan fingerprint density at radius 2 is 2.47 bits per heavy atom.